The standard InChI is InChI=1S/C12H12N2/c1-4-9-10-8-13-7-6-12(10)14(3)11(9)5-2/h4-8H,1-2H2,3H3. The highest BCUT2D eigenvalue weighted by Gasteiger charge is 2.09. The first kappa shape index (κ1) is 8.75. The summed E-state index contributed by atoms with van der Waals surface area (Å²) in [6.07, 6.45) is 7.35. The summed E-state index contributed by atoms with van der Waals surface area (Å²) in [5, 5.41) is 1.12. The first-order valence-electron chi connectivity index (χ1n) is 4.47. The third-order valence-corrected chi connectivity index (χ3v) is 2.48. The molecular formula is C12H12N2. The van der Waals surface area contributed by atoms with Crippen LogP contribution in [0.4, 0.5) is 0 Å². The van der Waals surface area contributed by atoms with Crippen LogP contribution < -0.4 is 0 Å². The van der Waals surface area contributed by atoms with Crippen molar-refractivity contribution >= 4 is 23.1 Å². The van der Waals surface area contributed by atoms with Gasteiger partial charge in [-0.15, -0.1) is 0 Å². The van der Waals surface area contributed by atoms with Gasteiger partial charge in [-0.1, -0.05) is 19.2 Å². The minimum Gasteiger partial charge on any atom is -0.344 e. The minimum absolute atomic E-state index is 1.09. The van der Waals surface area contributed by atoms with Gasteiger partial charge in [-0.25, -0.2) is 0 Å². The van der Waals surface area contributed by atoms with Gasteiger partial charge in [0.05, 0.1) is 5.52 Å². The normalized spacial score (nSPS) is 10.4. The van der Waals surface area contributed by atoms with Gasteiger partial charge in [-0.05, 0) is 12.1 Å². The Morgan fingerprint density at radius 2 is 2.14 bits per heavy atom. The van der Waals surface area contributed by atoms with Gasteiger partial charge >= 0.3 is 0 Å². The van der Waals surface area contributed by atoms with Crippen LogP contribution in [0.25, 0.3) is 23.1 Å². The van der Waals surface area contributed by atoms with Crippen LogP contribution in [0.3, 0.4) is 0 Å². The van der Waals surface area contributed by atoms with Gasteiger partial charge in [0.1, 0.15) is 0 Å². The average molecular weight is 184 g/mol. The Bertz CT molecular complexity index is 506. The van der Waals surface area contributed by atoms with Crippen molar-refractivity contribution in [3.05, 3.63) is 42.9 Å². The maximum absolute atomic E-state index is 4.11. The number of aryl methyl sites for hydroxylation is 1. The van der Waals surface area contributed by atoms with Gasteiger partial charge < -0.3 is 4.57 Å². The maximum atomic E-state index is 4.11. The smallest absolute Gasteiger partial charge is 0.0519 e. The summed E-state index contributed by atoms with van der Waals surface area (Å²) < 4.78 is 2.10. The van der Waals surface area contributed by atoms with Gasteiger partial charge in [-0.3, -0.25) is 4.98 Å². The van der Waals surface area contributed by atoms with Crippen molar-refractivity contribution in [2.75, 3.05) is 0 Å². The van der Waals surface area contributed by atoms with E-state index in [4.69, 9.17) is 0 Å². The predicted octanol–water partition coefficient (Wildman–Crippen LogP) is 2.86. The Hall–Kier alpha value is -1.83. The lowest BCUT2D eigenvalue weighted by molar-refractivity contribution is 0.953. The molecule has 2 aromatic rings. The highest BCUT2D eigenvalue weighted by Crippen LogP contribution is 2.25. The molecule has 0 spiro atoms. The van der Waals surface area contributed by atoms with Gasteiger partial charge in [-0.2, -0.15) is 0 Å². The quantitative estimate of drug-likeness (QED) is 0.701. The summed E-state index contributed by atoms with van der Waals surface area (Å²) in [5.41, 5.74) is 3.35. The second-order valence-corrected chi connectivity index (χ2v) is 3.16. The van der Waals surface area contributed by atoms with Crippen molar-refractivity contribution in [3.8, 4) is 0 Å². The Morgan fingerprint density at radius 1 is 1.36 bits per heavy atom. The average Bonchev–Trinajstić information content (AvgIpc) is 2.51. The molecule has 0 unspecified atom stereocenters. The van der Waals surface area contributed by atoms with E-state index in [0.717, 1.165) is 22.2 Å². The molecule has 0 N–H and O–H groups in total. The molecule has 14 heavy (non-hydrogen) atoms. The molecule has 0 amide bonds. The molecule has 2 rings (SSSR count). The first-order chi connectivity index (χ1) is 6.79. The summed E-state index contributed by atoms with van der Waals surface area (Å²) in [6.45, 7) is 7.62. The SMILES string of the molecule is C=Cc1c(C=C)n(C)c2ccncc12. The zero-order valence-corrected chi connectivity index (χ0v) is 8.20. The molecule has 0 fully saturated rings. The lowest BCUT2D eigenvalue weighted by Gasteiger charge is -1.98. The molecule has 2 nitrogen and oxygen atoms in total. The van der Waals surface area contributed by atoms with Crippen LogP contribution >= 0.6 is 0 Å². The molecule has 0 radical (unpaired) electrons. The highest BCUT2D eigenvalue weighted by atomic mass is 14.9. The number of hydrogen-bond acceptors (Lipinski definition) is 1. The van der Waals surface area contributed by atoms with Crippen molar-refractivity contribution in [1.29, 1.82) is 0 Å². The highest BCUT2D eigenvalue weighted by molar-refractivity contribution is 5.92. The molecule has 0 aliphatic carbocycles. The largest absolute Gasteiger partial charge is 0.344 e. The molecular weight excluding hydrogens is 172 g/mol. The molecule has 2 heteroatoms. The number of aromatic nitrogens is 2. The monoisotopic (exact) mass is 184 g/mol. The van der Waals surface area contributed by atoms with E-state index in [9.17, 15) is 0 Å². The van der Waals surface area contributed by atoms with Crippen molar-refractivity contribution < 1.29 is 0 Å². The van der Waals surface area contributed by atoms with E-state index in [1.165, 1.54) is 0 Å². The molecule has 2 aromatic heterocycles. The van der Waals surface area contributed by atoms with Crippen LogP contribution in [0.2, 0.25) is 0 Å². The van der Waals surface area contributed by atoms with E-state index < -0.39 is 0 Å². The lowest BCUT2D eigenvalue weighted by atomic mass is 10.1. The number of nitrogens with zero attached hydrogens (tertiary/aromatic N) is 2. The molecule has 0 aliphatic heterocycles. The third kappa shape index (κ3) is 1.01. The molecule has 0 bridgehead atoms. The van der Waals surface area contributed by atoms with E-state index in [1.54, 1.807) is 6.20 Å². The van der Waals surface area contributed by atoms with Gasteiger partial charge in [0.25, 0.3) is 0 Å². The van der Waals surface area contributed by atoms with Crippen LogP contribution in [0.5, 0.6) is 0 Å². The lowest BCUT2D eigenvalue weighted by Crippen LogP contribution is -1.90. The Kier molecular flexibility index (Phi) is 1.97. The zero-order chi connectivity index (χ0) is 10.1. The Morgan fingerprint density at radius 3 is 2.79 bits per heavy atom. The van der Waals surface area contributed by atoms with Crippen LogP contribution in [0.1, 0.15) is 11.3 Å². The maximum Gasteiger partial charge on any atom is 0.0519 e. The second-order valence-electron chi connectivity index (χ2n) is 3.16. The molecule has 70 valence electrons. The molecule has 0 saturated carbocycles. The molecule has 0 aliphatic rings. The third-order valence-electron chi connectivity index (χ3n) is 2.48. The van der Waals surface area contributed by atoms with E-state index in [-0.39, 0.29) is 0 Å². The van der Waals surface area contributed by atoms with E-state index in [1.807, 2.05) is 31.5 Å². The van der Waals surface area contributed by atoms with Crippen molar-refractivity contribution in [2.24, 2.45) is 7.05 Å². The fourth-order valence-corrected chi connectivity index (χ4v) is 1.80. The second kappa shape index (κ2) is 3.14. The molecule has 0 aromatic carbocycles. The molecule has 0 atom stereocenters. The zero-order valence-electron chi connectivity index (χ0n) is 8.20. The van der Waals surface area contributed by atoms with Crippen LogP contribution in [0.15, 0.2) is 31.6 Å². The molecule has 0 saturated heterocycles. The summed E-state index contributed by atoms with van der Waals surface area (Å²) in [6, 6.07) is 2.00. The Balaban J connectivity index is 2.98. The van der Waals surface area contributed by atoms with Gasteiger partial charge in [0.15, 0.2) is 0 Å². The fourth-order valence-electron chi connectivity index (χ4n) is 1.80. The number of hydrogen-bond donors (Lipinski definition) is 0. The van der Waals surface area contributed by atoms with E-state index in [0.29, 0.717) is 0 Å². The van der Waals surface area contributed by atoms with Crippen molar-refractivity contribution in [3.63, 3.8) is 0 Å². The summed E-state index contributed by atoms with van der Waals surface area (Å²) in [4.78, 5) is 4.11. The van der Waals surface area contributed by atoms with Crippen molar-refractivity contribution in [2.45, 2.75) is 0 Å². The summed E-state index contributed by atoms with van der Waals surface area (Å²) >= 11 is 0. The van der Waals surface area contributed by atoms with Crippen LogP contribution in [-0.2, 0) is 7.05 Å². The predicted molar refractivity (Wildman–Crippen MR) is 60.9 cm³/mol. The van der Waals surface area contributed by atoms with E-state index >= 15 is 0 Å². The number of fused-ring (bicyclic) bond motifs is 1. The van der Waals surface area contributed by atoms with Crippen molar-refractivity contribution in [1.82, 2.24) is 9.55 Å². The molecule has 2 heterocycles. The summed E-state index contributed by atoms with van der Waals surface area (Å²) in [7, 11) is 2.02. The van der Waals surface area contributed by atoms with Gasteiger partial charge in [0.2, 0.25) is 0 Å². The van der Waals surface area contributed by atoms with Crippen LogP contribution in [0, 0.1) is 0 Å². The minimum atomic E-state index is 1.09. The van der Waals surface area contributed by atoms with E-state index in [2.05, 4.69) is 22.7 Å². The first-order valence-corrected chi connectivity index (χ1v) is 4.47. The number of pyridine rings is 1. The Labute approximate surface area is 83.2 Å². The summed E-state index contributed by atoms with van der Waals surface area (Å²) in [5.74, 6) is 0. The topological polar surface area (TPSA) is 17.8 Å². The van der Waals surface area contributed by atoms with Gasteiger partial charge in [0, 0.05) is 36.1 Å². The van der Waals surface area contributed by atoms with Crippen LogP contribution in [-0.4, -0.2) is 9.55 Å². The fraction of sp³-hybridized carbons (Fsp3) is 0.0833. The number of rotatable bonds is 2.